The predicted octanol–water partition coefficient (Wildman–Crippen LogP) is 3.88. The van der Waals surface area contributed by atoms with Gasteiger partial charge in [-0.05, 0) is 62.4 Å². The molecular formula is C28H32ClN9O2. The first-order chi connectivity index (χ1) is 19.5. The zero-order chi connectivity index (χ0) is 27.9. The van der Waals surface area contributed by atoms with Crippen LogP contribution in [0.3, 0.4) is 0 Å². The van der Waals surface area contributed by atoms with Crippen LogP contribution in [-0.4, -0.2) is 56.8 Å². The SMILES string of the molecule is CNCCN(C=O)c1cc(C2CC2)cn2cc(CNc3cc(NC(=O)C4CC4)ncn3)nc12.Clc1ccncc1. The molecule has 2 aliphatic carbocycles. The number of pyridine rings is 2. The minimum absolute atomic E-state index is 0.0111. The third-order valence-electron chi connectivity index (χ3n) is 6.65. The van der Waals surface area contributed by atoms with Gasteiger partial charge >= 0.3 is 0 Å². The molecule has 2 aliphatic rings. The Morgan fingerprint density at radius 1 is 1.12 bits per heavy atom. The van der Waals surface area contributed by atoms with E-state index >= 15 is 0 Å². The molecule has 0 spiro atoms. The average molecular weight is 562 g/mol. The number of nitrogens with one attached hydrogen (secondary N) is 3. The zero-order valence-electron chi connectivity index (χ0n) is 22.3. The van der Waals surface area contributed by atoms with Crippen molar-refractivity contribution in [1.82, 2.24) is 29.7 Å². The van der Waals surface area contributed by atoms with E-state index in [-0.39, 0.29) is 11.8 Å². The van der Waals surface area contributed by atoms with E-state index in [1.54, 1.807) is 35.5 Å². The van der Waals surface area contributed by atoms with Crippen LogP contribution in [0.25, 0.3) is 5.65 Å². The molecule has 208 valence electrons. The first kappa shape index (κ1) is 27.5. The minimum atomic E-state index is 0.0111. The molecule has 4 heterocycles. The summed E-state index contributed by atoms with van der Waals surface area (Å²) in [7, 11) is 1.87. The summed E-state index contributed by atoms with van der Waals surface area (Å²) in [5.41, 5.74) is 3.63. The number of hydrogen-bond acceptors (Lipinski definition) is 8. The van der Waals surface area contributed by atoms with Crippen LogP contribution < -0.4 is 20.9 Å². The third-order valence-corrected chi connectivity index (χ3v) is 6.90. The first-order valence-corrected chi connectivity index (χ1v) is 13.7. The van der Waals surface area contributed by atoms with Crippen LogP contribution in [0, 0.1) is 5.92 Å². The zero-order valence-corrected chi connectivity index (χ0v) is 23.0. The van der Waals surface area contributed by atoms with Gasteiger partial charge in [0.2, 0.25) is 12.3 Å². The maximum absolute atomic E-state index is 12.0. The Morgan fingerprint density at radius 3 is 2.55 bits per heavy atom. The van der Waals surface area contributed by atoms with Gasteiger partial charge < -0.3 is 25.3 Å². The van der Waals surface area contributed by atoms with Gasteiger partial charge in [0.25, 0.3) is 0 Å². The highest BCUT2D eigenvalue weighted by atomic mass is 35.5. The summed E-state index contributed by atoms with van der Waals surface area (Å²) in [5.74, 6) is 1.78. The molecule has 40 heavy (non-hydrogen) atoms. The van der Waals surface area contributed by atoms with Crippen LogP contribution in [0.5, 0.6) is 0 Å². The summed E-state index contributed by atoms with van der Waals surface area (Å²) in [4.78, 5) is 42.5. The predicted molar refractivity (Wildman–Crippen MR) is 154 cm³/mol. The molecule has 0 saturated heterocycles. The molecule has 2 amide bonds. The number of carbonyl (C=O) groups is 2. The molecule has 6 rings (SSSR count). The van der Waals surface area contributed by atoms with Gasteiger partial charge in [0.1, 0.15) is 18.0 Å². The molecule has 0 unspecified atom stereocenters. The summed E-state index contributed by atoms with van der Waals surface area (Å²) >= 11 is 5.50. The van der Waals surface area contributed by atoms with Gasteiger partial charge in [0, 0.05) is 54.9 Å². The highest BCUT2D eigenvalue weighted by molar-refractivity contribution is 6.30. The van der Waals surface area contributed by atoms with Crippen LogP contribution in [0.15, 0.2) is 55.4 Å². The van der Waals surface area contributed by atoms with E-state index in [1.165, 1.54) is 24.7 Å². The van der Waals surface area contributed by atoms with Crippen molar-refractivity contribution in [3.63, 3.8) is 0 Å². The van der Waals surface area contributed by atoms with Crippen molar-refractivity contribution >= 4 is 46.9 Å². The molecule has 0 aliphatic heterocycles. The molecule has 0 radical (unpaired) electrons. The molecule has 0 aromatic carbocycles. The number of likely N-dealkylation sites (N-methyl/N-ethyl adjacent to an activating group) is 1. The van der Waals surface area contributed by atoms with Crippen molar-refractivity contribution in [3.8, 4) is 0 Å². The normalized spacial score (nSPS) is 14.2. The Hall–Kier alpha value is -4.09. The number of nitrogens with zero attached hydrogens (tertiary/aromatic N) is 6. The number of carbonyl (C=O) groups excluding carboxylic acids is 2. The molecule has 11 nitrogen and oxygen atoms in total. The van der Waals surface area contributed by atoms with Gasteiger partial charge in [0.05, 0.1) is 17.9 Å². The fourth-order valence-electron chi connectivity index (χ4n) is 4.16. The van der Waals surface area contributed by atoms with Crippen molar-refractivity contribution in [3.05, 3.63) is 71.7 Å². The Labute approximate surface area is 237 Å². The fourth-order valence-corrected chi connectivity index (χ4v) is 4.27. The average Bonchev–Trinajstić information content (AvgIpc) is 3.90. The number of rotatable bonds is 11. The number of anilines is 3. The van der Waals surface area contributed by atoms with E-state index in [0.717, 1.165) is 41.3 Å². The Kier molecular flexibility index (Phi) is 8.82. The van der Waals surface area contributed by atoms with Crippen LogP contribution in [0.2, 0.25) is 5.02 Å². The lowest BCUT2D eigenvalue weighted by Crippen LogP contribution is -2.30. The van der Waals surface area contributed by atoms with Gasteiger partial charge in [0.15, 0.2) is 5.65 Å². The summed E-state index contributed by atoms with van der Waals surface area (Å²) < 4.78 is 2.01. The lowest BCUT2D eigenvalue weighted by atomic mass is 10.1. The first-order valence-electron chi connectivity index (χ1n) is 13.3. The topological polar surface area (TPSA) is 129 Å². The molecule has 0 bridgehead atoms. The highest BCUT2D eigenvalue weighted by Crippen LogP contribution is 2.41. The minimum Gasteiger partial charge on any atom is -0.364 e. The van der Waals surface area contributed by atoms with Crippen LogP contribution in [0.1, 0.15) is 42.9 Å². The summed E-state index contributed by atoms with van der Waals surface area (Å²) in [5, 5.41) is 9.92. The van der Waals surface area contributed by atoms with E-state index in [9.17, 15) is 9.59 Å². The Morgan fingerprint density at radius 2 is 1.90 bits per heavy atom. The van der Waals surface area contributed by atoms with E-state index < -0.39 is 0 Å². The summed E-state index contributed by atoms with van der Waals surface area (Å²) in [6.45, 7) is 1.71. The lowest BCUT2D eigenvalue weighted by molar-refractivity contribution is -0.117. The molecule has 3 N–H and O–H groups in total. The van der Waals surface area contributed by atoms with Crippen molar-refractivity contribution < 1.29 is 9.59 Å². The van der Waals surface area contributed by atoms with Gasteiger partial charge in [-0.3, -0.25) is 14.6 Å². The molecule has 4 aromatic rings. The van der Waals surface area contributed by atoms with Crippen LogP contribution in [0.4, 0.5) is 17.3 Å². The van der Waals surface area contributed by atoms with Gasteiger partial charge in [-0.2, -0.15) is 0 Å². The standard InChI is InChI=1S/C23H28N8O2.C5H4ClN/c1-24-6-7-30(14-32)19-8-17(15-2-3-15)11-31-12-18(28-22(19)31)10-25-20-9-21(27-13-26-20)29-23(33)16-4-5-16;6-5-1-3-7-4-2-5/h8-9,11-16,24H,2-7,10H2,1H3,(H2,25,26,27,29,33);1-4H. The second-order valence-corrected chi connectivity index (χ2v) is 10.3. The lowest BCUT2D eigenvalue weighted by Gasteiger charge is -2.19. The smallest absolute Gasteiger partial charge is 0.228 e. The van der Waals surface area contributed by atoms with Gasteiger partial charge in [-0.15, -0.1) is 0 Å². The molecule has 2 saturated carbocycles. The van der Waals surface area contributed by atoms with E-state index in [4.69, 9.17) is 16.6 Å². The van der Waals surface area contributed by atoms with Crippen molar-refractivity contribution in [2.24, 2.45) is 5.92 Å². The summed E-state index contributed by atoms with van der Waals surface area (Å²) in [6, 6.07) is 7.29. The third kappa shape index (κ3) is 7.30. The molecule has 2 fully saturated rings. The number of imidazole rings is 1. The number of hydrogen-bond donors (Lipinski definition) is 3. The fraction of sp³-hybridized carbons (Fsp3) is 0.357. The van der Waals surface area contributed by atoms with Gasteiger partial charge in [-0.1, -0.05) is 11.6 Å². The quantitative estimate of drug-likeness (QED) is 0.235. The largest absolute Gasteiger partial charge is 0.364 e. The van der Waals surface area contributed by atoms with Crippen molar-refractivity contribution in [2.75, 3.05) is 35.7 Å². The maximum atomic E-state index is 12.0. The maximum Gasteiger partial charge on any atom is 0.228 e. The number of aromatic nitrogens is 5. The van der Waals surface area contributed by atoms with Gasteiger partial charge in [-0.25, -0.2) is 15.0 Å². The van der Waals surface area contributed by atoms with Crippen LogP contribution >= 0.6 is 11.6 Å². The van der Waals surface area contributed by atoms with E-state index in [1.807, 2.05) is 17.6 Å². The second-order valence-electron chi connectivity index (χ2n) is 9.87. The number of halogens is 1. The number of fused-ring (bicyclic) bond motifs is 1. The van der Waals surface area contributed by atoms with Crippen molar-refractivity contribution in [1.29, 1.82) is 0 Å². The Bertz CT molecular complexity index is 1450. The molecule has 4 aromatic heterocycles. The Balaban J connectivity index is 0.000000403. The van der Waals surface area contributed by atoms with E-state index in [2.05, 4.69) is 43.2 Å². The van der Waals surface area contributed by atoms with E-state index in [0.29, 0.717) is 37.2 Å². The second kappa shape index (κ2) is 12.8. The molecular weight excluding hydrogens is 530 g/mol. The number of amides is 2. The van der Waals surface area contributed by atoms with Crippen LogP contribution in [-0.2, 0) is 16.1 Å². The monoisotopic (exact) mass is 561 g/mol. The molecule has 12 heteroatoms. The molecule has 0 atom stereocenters. The summed E-state index contributed by atoms with van der Waals surface area (Å²) in [6.07, 6.45) is 13.9. The highest BCUT2D eigenvalue weighted by Gasteiger charge is 2.30. The van der Waals surface area contributed by atoms with Crippen molar-refractivity contribution in [2.45, 2.75) is 38.1 Å².